The third-order valence-corrected chi connectivity index (χ3v) is 5.41. The number of anilines is 1. The fraction of sp³-hybridized carbons (Fsp3) is 0.438. The van der Waals surface area contributed by atoms with Crippen molar-refractivity contribution in [2.75, 3.05) is 5.32 Å². The van der Waals surface area contributed by atoms with Crippen LogP contribution in [0.4, 0.5) is 5.69 Å². The monoisotopic (exact) mass is 305 g/mol. The maximum atomic E-state index is 12.8. The lowest BCUT2D eigenvalue weighted by Gasteiger charge is -2.33. The number of carbonyl (C=O) groups excluding carboxylic acids is 3. The largest absolute Gasteiger partial charge is 0.325 e. The van der Waals surface area contributed by atoms with Crippen molar-refractivity contribution in [1.82, 2.24) is 0 Å². The summed E-state index contributed by atoms with van der Waals surface area (Å²) in [7, 11) is 0. The molecule has 2 aliphatic carbocycles. The van der Waals surface area contributed by atoms with E-state index in [1.165, 1.54) is 0 Å². The summed E-state index contributed by atoms with van der Waals surface area (Å²) in [5.41, 5.74) is -1.34. The molecule has 4 nitrogen and oxygen atoms in total. The van der Waals surface area contributed by atoms with Crippen molar-refractivity contribution >= 4 is 34.8 Å². The van der Waals surface area contributed by atoms with Crippen LogP contribution in [0.5, 0.6) is 0 Å². The Morgan fingerprint density at radius 3 is 2.62 bits per heavy atom. The van der Waals surface area contributed by atoms with Gasteiger partial charge in [-0.2, -0.15) is 0 Å². The van der Waals surface area contributed by atoms with Crippen LogP contribution in [0.25, 0.3) is 0 Å². The molecule has 1 amide bonds. The Kier molecular flexibility index (Phi) is 2.99. The molecule has 0 spiro atoms. The van der Waals surface area contributed by atoms with E-state index in [9.17, 15) is 14.4 Å². The van der Waals surface area contributed by atoms with Crippen molar-refractivity contribution in [3.05, 3.63) is 29.3 Å². The average Bonchev–Trinajstić information content (AvgIpc) is 2.75. The number of hydrogen-bond donors (Lipinski definition) is 1. The van der Waals surface area contributed by atoms with Crippen LogP contribution in [0.2, 0.25) is 5.02 Å². The van der Waals surface area contributed by atoms with E-state index < -0.39 is 28.3 Å². The van der Waals surface area contributed by atoms with E-state index in [1.807, 2.05) is 13.8 Å². The van der Waals surface area contributed by atoms with Crippen molar-refractivity contribution < 1.29 is 14.4 Å². The second-order valence-corrected chi connectivity index (χ2v) is 6.81. The predicted molar refractivity (Wildman–Crippen MR) is 79.0 cm³/mol. The molecule has 21 heavy (non-hydrogen) atoms. The van der Waals surface area contributed by atoms with Gasteiger partial charge in [0, 0.05) is 16.6 Å². The molecule has 2 atom stereocenters. The SMILES string of the molecule is CC1(C)C2CCC1(C(=O)Nc1cccc(Cl)c1)C(=O)C2=O. The van der Waals surface area contributed by atoms with Crippen molar-refractivity contribution in [3.63, 3.8) is 0 Å². The molecule has 2 unspecified atom stereocenters. The lowest BCUT2D eigenvalue weighted by atomic mass is 9.68. The van der Waals surface area contributed by atoms with Gasteiger partial charge in [-0.05, 0) is 36.5 Å². The van der Waals surface area contributed by atoms with Crippen LogP contribution in [-0.4, -0.2) is 17.5 Å². The Labute approximate surface area is 127 Å². The summed E-state index contributed by atoms with van der Waals surface area (Å²) in [6.07, 6.45) is 1.03. The van der Waals surface area contributed by atoms with Gasteiger partial charge >= 0.3 is 0 Å². The number of carbonyl (C=O) groups is 3. The lowest BCUT2D eigenvalue weighted by Crippen LogP contribution is -2.47. The Morgan fingerprint density at radius 1 is 1.33 bits per heavy atom. The molecule has 0 saturated heterocycles. The van der Waals surface area contributed by atoms with Crippen LogP contribution in [0, 0.1) is 16.7 Å². The zero-order valence-electron chi connectivity index (χ0n) is 11.9. The summed E-state index contributed by atoms with van der Waals surface area (Å²) in [4.78, 5) is 37.2. The molecule has 3 rings (SSSR count). The Morgan fingerprint density at radius 2 is 2.05 bits per heavy atom. The topological polar surface area (TPSA) is 63.2 Å². The number of fused-ring (bicyclic) bond motifs is 2. The normalized spacial score (nSPS) is 29.8. The highest BCUT2D eigenvalue weighted by molar-refractivity contribution is 6.48. The van der Waals surface area contributed by atoms with Crippen molar-refractivity contribution in [2.24, 2.45) is 16.7 Å². The summed E-state index contributed by atoms with van der Waals surface area (Å²) in [5.74, 6) is -1.67. The van der Waals surface area contributed by atoms with Gasteiger partial charge in [0.25, 0.3) is 0 Å². The smallest absolute Gasteiger partial charge is 0.239 e. The van der Waals surface area contributed by atoms with Crippen LogP contribution in [0.1, 0.15) is 26.7 Å². The quantitative estimate of drug-likeness (QED) is 0.675. The number of amides is 1. The number of Topliss-reactive ketones (excluding diaryl/α,β-unsaturated/α-hetero) is 2. The maximum absolute atomic E-state index is 12.8. The summed E-state index contributed by atoms with van der Waals surface area (Å²) in [5, 5.41) is 3.26. The molecule has 1 aromatic rings. The van der Waals surface area contributed by atoms with Gasteiger partial charge in [-0.3, -0.25) is 14.4 Å². The lowest BCUT2D eigenvalue weighted by molar-refractivity contribution is -0.147. The molecule has 2 aliphatic rings. The minimum absolute atomic E-state index is 0.338. The minimum Gasteiger partial charge on any atom is -0.325 e. The zero-order valence-corrected chi connectivity index (χ0v) is 12.7. The number of rotatable bonds is 2. The van der Waals surface area contributed by atoms with E-state index in [0.29, 0.717) is 23.6 Å². The first-order valence-corrected chi connectivity index (χ1v) is 7.34. The Hall–Kier alpha value is -1.68. The van der Waals surface area contributed by atoms with Gasteiger partial charge in [0.15, 0.2) is 0 Å². The maximum Gasteiger partial charge on any atom is 0.239 e. The van der Waals surface area contributed by atoms with Crippen molar-refractivity contribution in [3.8, 4) is 0 Å². The zero-order chi connectivity index (χ0) is 15.4. The molecule has 2 saturated carbocycles. The summed E-state index contributed by atoms with van der Waals surface area (Å²) in [6.45, 7) is 3.68. The van der Waals surface area contributed by atoms with E-state index in [4.69, 9.17) is 11.6 Å². The Balaban J connectivity index is 1.97. The second kappa shape index (κ2) is 4.41. The molecular formula is C16H16ClNO3. The number of ketones is 2. The molecular weight excluding hydrogens is 290 g/mol. The van der Waals surface area contributed by atoms with Gasteiger partial charge in [-0.25, -0.2) is 0 Å². The van der Waals surface area contributed by atoms with Crippen LogP contribution in [-0.2, 0) is 14.4 Å². The molecule has 0 aromatic heterocycles. The van der Waals surface area contributed by atoms with Gasteiger partial charge in [0.05, 0.1) is 0 Å². The van der Waals surface area contributed by atoms with Crippen molar-refractivity contribution in [2.45, 2.75) is 26.7 Å². The van der Waals surface area contributed by atoms with Gasteiger partial charge in [-0.1, -0.05) is 31.5 Å². The highest BCUT2D eigenvalue weighted by atomic mass is 35.5. The summed E-state index contributed by atoms with van der Waals surface area (Å²) < 4.78 is 0. The standard InChI is InChI=1S/C16H16ClNO3/c1-15(2)11-6-7-16(15,13(20)12(11)19)14(21)18-10-5-3-4-9(17)8-10/h3-5,8,11H,6-7H2,1-2H3,(H,18,21). The van der Waals surface area contributed by atoms with Crippen LogP contribution >= 0.6 is 11.6 Å². The van der Waals surface area contributed by atoms with E-state index in [0.717, 1.165) is 0 Å². The third-order valence-electron chi connectivity index (χ3n) is 5.18. The van der Waals surface area contributed by atoms with E-state index in [1.54, 1.807) is 24.3 Å². The van der Waals surface area contributed by atoms with Crippen LogP contribution < -0.4 is 5.32 Å². The summed E-state index contributed by atoms with van der Waals surface area (Å²) in [6, 6.07) is 6.76. The molecule has 110 valence electrons. The molecule has 1 N–H and O–H groups in total. The Bertz CT molecular complexity index is 667. The predicted octanol–water partition coefficient (Wildman–Crippen LogP) is 2.85. The van der Waals surface area contributed by atoms with Gasteiger partial charge < -0.3 is 5.32 Å². The minimum atomic E-state index is -1.24. The first-order valence-electron chi connectivity index (χ1n) is 6.96. The first-order chi connectivity index (χ1) is 9.80. The summed E-state index contributed by atoms with van der Waals surface area (Å²) >= 11 is 5.90. The van der Waals surface area contributed by atoms with E-state index >= 15 is 0 Å². The van der Waals surface area contributed by atoms with Gasteiger partial charge in [0.2, 0.25) is 17.5 Å². The highest BCUT2D eigenvalue weighted by Gasteiger charge is 2.72. The molecule has 0 radical (unpaired) electrons. The number of halogens is 1. The number of benzene rings is 1. The fourth-order valence-electron chi connectivity index (χ4n) is 3.89. The van der Waals surface area contributed by atoms with Crippen LogP contribution in [0.15, 0.2) is 24.3 Å². The van der Waals surface area contributed by atoms with Gasteiger partial charge in [0.1, 0.15) is 5.41 Å². The third kappa shape index (κ3) is 1.72. The molecule has 0 aliphatic heterocycles. The first kappa shape index (κ1) is 14.3. The fourth-order valence-corrected chi connectivity index (χ4v) is 4.08. The molecule has 2 bridgehead atoms. The van der Waals surface area contributed by atoms with E-state index in [-0.39, 0.29) is 5.92 Å². The molecule has 2 fully saturated rings. The average molecular weight is 306 g/mol. The second-order valence-electron chi connectivity index (χ2n) is 6.38. The van der Waals surface area contributed by atoms with Crippen LogP contribution in [0.3, 0.4) is 0 Å². The van der Waals surface area contributed by atoms with E-state index in [2.05, 4.69) is 5.32 Å². The van der Waals surface area contributed by atoms with Gasteiger partial charge in [-0.15, -0.1) is 0 Å². The number of hydrogen-bond acceptors (Lipinski definition) is 3. The number of nitrogens with one attached hydrogen (secondary N) is 1. The molecule has 1 aromatic carbocycles. The molecule has 0 heterocycles. The highest BCUT2D eigenvalue weighted by Crippen LogP contribution is 2.62. The van der Waals surface area contributed by atoms with Crippen molar-refractivity contribution in [1.29, 1.82) is 0 Å². The molecule has 5 heteroatoms.